The Balaban J connectivity index is 1.91. The van der Waals surface area contributed by atoms with Crippen molar-refractivity contribution in [2.24, 2.45) is 0 Å². The molecule has 17 heavy (non-hydrogen) atoms. The number of rotatable bonds is 4. The molecule has 6 nitrogen and oxygen atoms in total. The van der Waals surface area contributed by atoms with Gasteiger partial charge in [0.2, 0.25) is 6.79 Å². The molecule has 0 aliphatic carbocycles. The van der Waals surface area contributed by atoms with Gasteiger partial charge in [0.25, 0.3) is 0 Å². The van der Waals surface area contributed by atoms with Gasteiger partial charge < -0.3 is 24.6 Å². The Bertz CT molecular complexity index is 407. The number of carbonyl (C=O) groups is 1. The molecule has 92 valence electrons. The monoisotopic (exact) mass is 239 g/mol. The van der Waals surface area contributed by atoms with E-state index < -0.39 is 6.09 Å². The van der Waals surface area contributed by atoms with Crippen LogP contribution >= 0.6 is 0 Å². The molecule has 1 heterocycles. The van der Waals surface area contributed by atoms with Gasteiger partial charge in [-0.05, 0) is 6.07 Å². The van der Waals surface area contributed by atoms with Crippen molar-refractivity contribution in [1.82, 2.24) is 5.32 Å². The lowest BCUT2D eigenvalue weighted by atomic mass is 10.2. The number of ether oxygens (including phenoxy) is 3. The molecular weight excluding hydrogens is 226 g/mol. The summed E-state index contributed by atoms with van der Waals surface area (Å²) in [6, 6.07) is 5.46. The lowest BCUT2D eigenvalue weighted by molar-refractivity contribution is 0.118. The molecule has 0 radical (unpaired) electrons. The van der Waals surface area contributed by atoms with Crippen LogP contribution in [0.15, 0.2) is 18.2 Å². The number of amides is 1. The summed E-state index contributed by atoms with van der Waals surface area (Å²) in [5.74, 6) is 1.32. The fraction of sp³-hybridized carbons (Fsp3) is 0.364. The first-order chi connectivity index (χ1) is 8.31. The first-order valence-corrected chi connectivity index (χ1v) is 5.20. The largest absolute Gasteiger partial charge is 0.454 e. The molecular formula is C11H13NO5. The first kappa shape index (κ1) is 11.5. The van der Waals surface area contributed by atoms with E-state index in [0.29, 0.717) is 11.5 Å². The minimum absolute atomic E-state index is 0.0155. The number of hydrogen-bond acceptors (Lipinski definition) is 5. The summed E-state index contributed by atoms with van der Waals surface area (Å²) in [4.78, 5) is 11.2. The minimum Gasteiger partial charge on any atom is -0.454 e. The second-order valence-electron chi connectivity index (χ2n) is 3.36. The normalized spacial score (nSPS) is 12.3. The van der Waals surface area contributed by atoms with Gasteiger partial charge in [-0.15, -0.1) is 0 Å². The Kier molecular flexibility index (Phi) is 3.66. The lowest BCUT2D eigenvalue weighted by Crippen LogP contribution is -2.25. The van der Waals surface area contributed by atoms with E-state index in [1.54, 1.807) is 6.07 Å². The SMILES string of the molecule is O=C(NCc1cccc2c1OCO2)OCCO. The molecule has 0 bridgehead atoms. The summed E-state index contributed by atoms with van der Waals surface area (Å²) in [5.41, 5.74) is 0.820. The van der Waals surface area contributed by atoms with Gasteiger partial charge in [0.15, 0.2) is 11.5 Å². The number of alkyl carbamates (subject to hydrolysis) is 1. The van der Waals surface area contributed by atoms with Crippen LogP contribution in [0.5, 0.6) is 11.5 Å². The Morgan fingerprint density at radius 2 is 2.35 bits per heavy atom. The molecule has 0 saturated heterocycles. The molecule has 0 atom stereocenters. The fourth-order valence-electron chi connectivity index (χ4n) is 1.49. The molecule has 0 spiro atoms. The Labute approximate surface area is 98.1 Å². The van der Waals surface area contributed by atoms with Crippen molar-refractivity contribution in [1.29, 1.82) is 0 Å². The summed E-state index contributed by atoms with van der Waals surface area (Å²) in [6.45, 7) is 0.279. The van der Waals surface area contributed by atoms with Crippen LogP contribution in [0.2, 0.25) is 0 Å². The van der Waals surface area contributed by atoms with Crippen molar-refractivity contribution >= 4 is 6.09 Å². The second-order valence-corrected chi connectivity index (χ2v) is 3.36. The summed E-state index contributed by atoms with van der Waals surface area (Å²) in [6.07, 6.45) is -0.574. The topological polar surface area (TPSA) is 77.0 Å². The van der Waals surface area contributed by atoms with Gasteiger partial charge in [-0.3, -0.25) is 0 Å². The van der Waals surface area contributed by atoms with E-state index in [1.165, 1.54) is 0 Å². The van der Waals surface area contributed by atoms with Gasteiger partial charge in [0.05, 0.1) is 6.61 Å². The molecule has 0 unspecified atom stereocenters. The van der Waals surface area contributed by atoms with Crippen LogP contribution in [0.1, 0.15) is 5.56 Å². The van der Waals surface area contributed by atoms with E-state index in [0.717, 1.165) is 5.56 Å². The van der Waals surface area contributed by atoms with Crippen molar-refractivity contribution < 1.29 is 24.1 Å². The number of aliphatic hydroxyl groups is 1. The molecule has 0 fully saturated rings. The van der Waals surface area contributed by atoms with Gasteiger partial charge in [-0.2, -0.15) is 0 Å². The van der Waals surface area contributed by atoms with Crippen LogP contribution in [0.3, 0.4) is 0 Å². The molecule has 2 N–H and O–H groups in total. The predicted molar refractivity (Wildman–Crippen MR) is 57.8 cm³/mol. The highest BCUT2D eigenvalue weighted by molar-refractivity contribution is 5.67. The highest BCUT2D eigenvalue weighted by atomic mass is 16.7. The lowest BCUT2D eigenvalue weighted by Gasteiger charge is -2.07. The third-order valence-electron chi connectivity index (χ3n) is 2.23. The highest BCUT2D eigenvalue weighted by Gasteiger charge is 2.17. The number of aliphatic hydroxyl groups excluding tert-OH is 1. The molecule has 1 amide bonds. The summed E-state index contributed by atoms with van der Waals surface area (Å²) >= 11 is 0. The van der Waals surface area contributed by atoms with E-state index in [-0.39, 0.29) is 26.6 Å². The number of carbonyl (C=O) groups excluding carboxylic acids is 1. The third-order valence-corrected chi connectivity index (χ3v) is 2.23. The minimum atomic E-state index is -0.574. The molecule has 1 aliphatic heterocycles. The average molecular weight is 239 g/mol. The quantitative estimate of drug-likeness (QED) is 0.806. The zero-order valence-corrected chi connectivity index (χ0v) is 9.14. The van der Waals surface area contributed by atoms with E-state index in [1.807, 2.05) is 12.1 Å². The molecule has 0 aromatic heterocycles. The fourth-order valence-corrected chi connectivity index (χ4v) is 1.49. The number of fused-ring (bicyclic) bond motifs is 1. The summed E-state index contributed by atoms with van der Waals surface area (Å²) in [7, 11) is 0. The molecule has 1 aromatic rings. The predicted octanol–water partition coefficient (Wildman–Crippen LogP) is 0.634. The van der Waals surface area contributed by atoms with Crippen molar-refractivity contribution in [2.75, 3.05) is 20.0 Å². The van der Waals surface area contributed by atoms with Gasteiger partial charge >= 0.3 is 6.09 Å². The smallest absolute Gasteiger partial charge is 0.407 e. The molecule has 2 rings (SSSR count). The number of hydrogen-bond donors (Lipinski definition) is 2. The Hall–Kier alpha value is -1.95. The second kappa shape index (κ2) is 5.40. The van der Waals surface area contributed by atoms with Crippen LogP contribution < -0.4 is 14.8 Å². The molecule has 1 aromatic carbocycles. The zero-order valence-electron chi connectivity index (χ0n) is 9.14. The van der Waals surface area contributed by atoms with Gasteiger partial charge in [0, 0.05) is 12.1 Å². The van der Waals surface area contributed by atoms with Crippen LogP contribution in [0, 0.1) is 0 Å². The molecule has 1 aliphatic rings. The summed E-state index contributed by atoms with van der Waals surface area (Å²) in [5, 5.41) is 11.0. The highest BCUT2D eigenvalue weighted by Crippen LogP contribution is 2.35. The van der Waals surface area contributed by atoms with E-state index >= 15 is 0 Å². The standard InChI is InChI=1S/C11H13NO5/c13-4-5-15-11(14)12-6-8-2-1-3-9-10(8)17-7-16-9/h1-3,13H,4-7H2,(H,12,14). The first-order valence-electron chi connectivity index (χ1n) is 5.20. The van der Waals surface area contributed by atoms with Gasteiger partial charge in [0.1, 0.15) is 6.61 Å². The van der Waals surface area contributed by atoms with E-state index in [4.69, 9.17) is 14.6 Å². The maximum Gasteiger partial charge on any atom is 0.407 e. The Morgan fingerprint density at radius 3 is 3.18 bits per heavy atom. The van der Waals surface area contributed by atoms with Crippen molar-refractivity contribution in [3.05, 3.63) is 23.8 Å². The Morgan fingerprint density at radius 1 is 1.47 bits per heavy atom. The molecule has 0 saturated carbocycles. The van der Waals surface area contributed by atoms with Crippen LogP contribution in [0.25, 0.3) is 0 Å². The number of para-hydroxylation sites is 1. The maximum absolute atomic E-state index is 11.2. The number of nitrogens with one attached hydrogen (secondary N) is 1. The van der Waals surface area contributed by atoms with Crippen molar-refractivity contribution in [3.8, 4) is 11.5 Å². The van der Waals surface area contributed by atoms with E-state index in [2.05, 4.69) is 10.1 Å². The zero-order chi connectivity index (χ0) is 12.1. The van der Waals surface area contributed by atoms with Crippen LogP contribution in [0.4, 0.5) is 4.79 Å². The van der Waals surface area contributed by atoms with Crippen LogP contribution in [-0.4, -0.2) is 31.2 Å². The third kappa shape index (κ3) is 2.79. The number of benzene rings is 1. The van der Waals surface area contributed by atoms with Crippen molar-refractivity contribution in [3.63, 3.8) is 0 Å². The maximum atomic E-state index is 11.2. The summed E-state index contributed by atoms with van der Waals surface area (Å²) < 4.78 is 15.2. The van der Waals surface area contributed by atoms with Gasteiger partial charge in [-0.25, -0.2) is 4.79 Å². The van der Waals surface area contributed by atoms with Crippen molar-refractivity contribution in [2.45, 2.75) is 6.54 Å². The molecule has 6 heteroatoms. The average Bonchev–Trinajstić information content (AvgIpc) is 2.82. The van der Waals surface area contributed by atoms with E-state index in [9.17, 15) is 4.79 Å². The van der Waals surface area contributed by atoms with Crippen LogP contribution in [-0.2, 0) is 11.3 Å². The van der Waals surface area contributed by atoms with Gasteiger partial charge in [-0.1, -0.05) is 12.1 Å².